The third kappa shape index (κ3) is 6.43. The maximum absolute atomic E-state index is 12.6. The number of carbonyl (C=O) groups is 3. The summed E-state index contributed by atoms with van der Waals surface area (Å²) in [5, 5.41) is 14.8. The molecule has 0 spiro atoms. The standard InChI is InChI=1S/C22H26N2O5/c1-13(2)7-20(25)24-19-6-5-16(8-14(19)3)21(26)23-18-10-15(12-29-4)9-17(11-18)22(27)28/h5-6,8-11,13H,7,12H2,1-4H3,(H,23,26)(H,24,25)(H,27,28). The summed E-state index contributed by atoms with van der Waals surface area (Å²) in [6.45, 7) is 5.98. The van der Waals surface area contributed by atoms with Crippen molar-refractivity contribution < 1.29 is 24.2 Å². The number of carbonyl (C=O) groups excluding carboxylic acids is 2. The van der Waals surface area contributed by atoms with Crippen LogP contribution < -0.4 is 10.6 Å². The highest BCUT2D eigenvalue weighted by Gasteiger charge is 2.13. The number of ether oxygens (including phenoxy) is 1. The van der Waals surface area contributed by atoms with Crippen molar-refractivity contribution in [3.8, 4) is 0 Å². The molecule has 29 heavy (non-hydrogen) atoms. The highest BCUT2D eigenvalue weighted by atomic mass is 16.5. The van der Waals surface area contributed by atoms with Gasteiger partial charge in [-0.05, 0) is 60.4 Å². The lowest BCUT2D eigenvalue weighted by Crippen LogP contribution is -2.16. The van der Waals surface area contributed by atoms with E-state index in [1.807, 2.05) is 20.8 Å². The van der Waals surface area contributed by atoms with Gasteiger partial charge in [0.15, 0.2) is 0 Å². The number of carboxylic acids is 1. The average Bonchev–Trinajstić information content (AvgIpc) is 2.62. The number of hydrogen-bond acceptors (Lipinski definition) is 4. The molecule has 2 aromatic rings. The smallest absolute Gasteiger partial charge is 0.335 e. The summed E-state index contributed by atoms with van der Waals surface area (Å²) >= 11 is 0. The lowest BCUT2D eigenvalue weighted by molar-refractivity contribution is -0.116. The Balaban J connectivity index is 2.18. The van der Waals surface area contributed by atoms with Crippen LogP contribution in [0.4, 0.5) is 11.4 Å². The molecular weight excluding hydrogens is 372 g/mol. The third-order valence-corrected chi connectivity index (χ3v) is 4.16. The molecule has 0 unspecified atom stereocenters. The van der Waals surface area contributed by atoms with Crippen LogP contribution in [0, 0.1) is 12.8 Å². The van der Waals surface area contributed by atoms with Crippen LogP contribution in [-0.2, 0) is 16.1 Å². The highest BCUT2D eigenvalue weighted by Crippen LogP contribution is 2.20. The summed E-state index contributed by atoms with van der Waals surface area (Å²) in [5.41, 5.74) is 2.89. The van der Waals surface area contributed by atoms with E-state index in [1.165, 1.54) is 19.2 Å². The fourth-order valence-electron chi connectivity index (χ4n) is 2.86. The molecule has 0 bridgehead atoms. The predicted octanol–water partition coefficient (Wildman–Crippen LogP) is 4.08. The molecule has 0 atom stereocenters. The Morgan fingerprint density at radius 2 is 1.76 bits per heavy atom. The molecule has 0 radical (unpaired) electrons. The second-order valence-corrected chi connectivity index (χ2v) is 7.29. The number of rotatable bonds is 8. The number of benzene rings is 2. The molecule has 2 rings (SSSR count). The SMILES string of the molecule is COCc1cc(NC(=O)c2ccc(NC(=O)CC(C)C)c(C)c2)cc(C(=O)O)c1. The largest absolute Gasteiger partial charge is 0.478 e. The number of carboxylic acid groups (broad SMARTS) is 1. The number of anilines is 2. The third-order valence-electron chi connectivity index (χ3n) is 4.16. The summed E-state index contributed by atoms with van der Waals surface area (Å²) in [6, 6.07) is 9.54. The zero-order valence-corrected chi connectivity index (χ0v) is 17.0. The van der Waals surface area contributed by atoms with Gasteiger partial charge in [0.25, 0.3) is 5.91 Å². The molecule has 154 valence electrons. The van der Waals surface area contributed by atoms with Gasteiger partial charge in [-0.1, -0.05) is 13.8 Å². The molecule has 0 saturated carbocycles. The highest BCUT2D eigenvalue weighted by molar-refractivity contribution is 6.05. The van der Waals surface area contributed by atoms with E-state index in [1.54, 1.807) is 24.3 Å². The van der Waals surface area contributed by atoms with Crippen molar-refractivity contribution in [1.29, 1.82) is 0 Å². The predicted molar refractivity (Wildman–Crippen MR) is 111 cm³/mol. The fraction of sp³-hybridized carbons (Fsp3) is 0.318. The number of amides is 2. The van der Waals surface area contributed by atoms with E-state index in [4.69, 9.17) is 4.74 Å². The van der Waals surface area contributed by atoms with E-state index in [9.17, 15) is 19.5 Å². The number of nitrogens with one attached hydrogen (secondary N) is 2. The normalized spacial score (nSPS) is 10.7. The van der Waals surface area contributed by atoms with Gasteiger partial charge in [-0.25, -0.2) is 4.79 Å². The van der Waals surface area contributed by atoms with Gasteiger partial charge in [0.05, 0.1) is 12.2 Å². The molecule has 0 aliphatic carbocycles. The van der Waals surface area contributed by atoms with Gasteiger partial charge in [-0.3, -0.25) is 9.59 Å². The van der Waals surface area contributed by atoms with E-state index >= 15 is 0 Å². The van der Waals surface area contributed by atoms with Crippen molar-refractivity contribution in [2.45, 2.75) is 33.8 Å². The van der Waals surface area contributed by atoms with Crippen LogP contribution in [0.2, 0.25) is 0 Å². The van der Waals surface area contributed by atoms with Crippen LogP contribution in [0.15, 0.2) is 36.4 Å². The van der Waals surface area contributed by atoms with E-state index in [0.29, 0.717) is 28.9 Å². The van der Waals surface area contributed by atoms with Gasteiger partial charge < -0.3 is 20.5 Å². The van der Waals surface area contributed by atoms with Gasteiger partial charge >= 0.3 is 5.97 Å². The minimum absolute atomic E-state index is 0.0641. The van der Waals surface area contributed by atoms with Crippen molar-refractivity contribution in [2.75, 3.05) is 17.7 Å². The minimum Gasteiger partial charge on any atom is -0.478 e. The molecule has 0 aromatic heterocycles. The Morgan fingerprint density at radius 1 is 1.03 bits per heavy atom. The minimum atomic E-state index is -1.09. The van der Waals surface area contributed by atoms with Crippen molar-refractivity contribution in [2.24, 2.45) is 5.92 Å². The number of aryl methyl sites for hydroxylation is 1. The Kier molecular flexibility index (Phi) is 7.50. The first-order valence-corrected chi connectivity index (χ1v) is 9.27. The van der Waals surface area contributed by atoms with Crippen molar-refractivity contribution >= 4 is 29.2 Å². The molecule has 2 amide bonds. The number of aromatic carboxylic acids is 1. The monoisotopic (exact) mass is 398 g/mol. The molecular formula is C22H26N2O5. The summed E-state index contributed by atoms with van der Waals surface area (Å²) in [6.07, 6.45) is 0.422. The maximum Gasteiger partial charge on any atom is 0.335 e. The average molecular weight is 398 g/mol. The van der Waals surface area contributed by atoms with Crippen LogP contribution in [-0.4, -0.2) is 30.0 Å². The number of methoxy groups -OCH3 is 1. The zero-order valence-electron chi connectivity index (χ0n) is 17.0. The lowest BCUT2D eigenvalue weighted by atomic mass is 10.1. The second kappa shape index (κ2) is 9.84. The summed E-state index contributed by atoms with van der Waals surface area (Å²) in [5.74, 6) is -1.28. The van der Waals surface area contributed by atoms with Crippen molar-refractivity contribution in [3.05, 3.63) is 58.7 Å². The Hall–Kier alpha value is -3.19. The van der Waals surface area contributed by atoms with Crippen LogP contribution in [0.5, 0.6) is 0 Å². The van der Waals surface area contributed by atoms with E-state index in [2.05, 4.69) is 10.6 Å². The molecule has 0 aliphatic heterocycles. The summed E-state index contributed by atoms with van der Waals surface area (Å²) < 4.78 is 5.05. The molecule has 0 aliphatic rings. The van der Waals surface area contributed by atoms with Crippen LogP contribution in [0.25, 0.3) is 0 Å². The van der Waals surface area contributed by atoms with E-state index in [0.717, 1.165) is 5.56 Å². The lowest BCUT2D eigenvalue weighted by Gasteiger charge is -2.12. The molecule has 3 N–H and O–H groups in total. The first-order valence-electron chi connectivity index (χ1n) is 9.27. The van der Waals surface area contributed by atoms with Gasteiger partial charge in [-0.2, -0.15) is 0 Å². The topological polar surface area (TPSA) is 105 Å². The van der Waals surface area contributed by atoms with Gasteiger partial charge in [-0.15, -0.1) is 0 Å². The summed E-state index contributed by atoms with van der Waals surface area (Å²) in [7, 11) is 1.51. The van der Waals surface area contributed by atoms with Crippen LogP contribution >= 0.6 is 0 Å². The first kappa shape index (κ1) is 22.1. The first-order chi connectivity index (χ1) is 13.7. The molecule has 0 fully saturated rings. The second-order valence-electron chi connectivity index (χ2n) is 7.29. The van der Waals surface area contributed by atoms with Crippen molar-refractivity contribution in [1.82, 2.24) is 0 Å². The van der Waals surface area contributed by atoms with Crippen LogP contribution in [0.1, 0.15) is 52.1 Å². The molecule has 2 aromatic carbocycles. The molecule has 7 nitrogen and oxygen atoms in total. The molecule has 0 saturated heterocycles. The quantitative estimate of drug-likeness (QED) is 0.621. The van der Waals surface area contributed by atoms with E-state index < -0.39 is 5.97 Å². The summed E-state index contributed by atoms with van der Waals surface area (Å²) in [4.78, 5) is 35.9. The van der Waals surface area contributed by atoms with E-state index in [-0.39, 0.29) is 29.9 Å². The Labute approximate surface area is 170 Å². The van der Waals surface area contributed by atoms with Gasteiger partial charge in [0, 0.05) is 30.5 Å². The fourth-order valence-corrected chi connectivity index (χ4v) is 2.86. The van der Waals surface area contributed by atoms with Crippen molar-refractivity contribution in [3.63, 3.8) is 0 Å². The van der Waals surface area contributed by atoms with Crippen LogP contribution in [0.3, 0.4) is 0 Å². The maximum atomic E-state index is 12.6. The zero-order chi connectivity index (χ0) is 21.6. The van der Waals surface area contributed by atoms with Gasteiger partial charge in [0.1, 0.15) is 0 Å². The number of hydrogen-bond donors (Lipinski definition) is 3. The Bertz CT molecular complexity index is 921. The van der Waals surface area contributed by atoms with Gasteiger partial charge in [0.2, 0.25) is 5.91 Å². The Morgan fingerprint density at radius 3 is 2.34 bits per heavy atom. The molecule has 0 heterocycles. The molecule has 7 heteroatoms.